The third kappa shape index (κ3) is 1.17. The Labute approximate surface area is 79.9 Å². The van der Waals surface area contributed by atoms with E-state index >= 15 is 0 Å². The maximum Gasteiger partial charge on any atom is 0.291 e. The molecule has 2 aromatic rings. The van der Waals surface area contributed by atoms with Crippen LogP contribution in [0.2, 0.25) is 0 Å². The molecule has 0 unspecified atom stereocenters. The molecule has 70 valence electrons. The average molecular weight is 188 g/mol. The molecule has 0 saturated carbocycles. The number of fused-ring (bicyclic) bond motifs is 1. The zero-order valence-electron chi connectivity index (χ0n) is 7.31. The zero-order valence-corrected chi connectivity index (χ0v) is 7.31. The molecule has 0 aliphatic heterocycles. The summed E-state index contributed by atoms with van der Waals surface area (Å²) < 4.78 is 1.63. The lowest BCUT2D eigenvalue weighted by Crippen LogP contribution is -2.24. The Morgan fingerprint density at radius 3 is 2.64 bits per heavy atom. The van der Waals surface area contributed by atoms with Gasteiger partial charge in [-0.2, -0.15) is 0 Å². The fourth-order valence-electron chi connectivity index (χ4n) is 1.37. The summed E-state index contributed by atoms with van der Waals surface area (Å²) in [6.45, 7) is 0. The van der Waals surface area contributed by atoms with Crippen LogP contribution in [0.1, 0.15) is 10.5 Å². The number of nitrogens with zero attached hydrogens (tertiary/aromatic N) is 1. The molecule has 0 radical (unpaired) electrons. The number of aromatic nitrogens is 1. The zero-order chi connectivity index (χ0) is 10.1. The summed E-state index contributed by atoms with van der Waals surface area (Å²) >= 11 is 0. The van der Waals surface area contributed by atoms with E-state index in [1.54, 1.807) is 28.8 Å². The molecule has 0 spiro atoms. The van der Waals surface area contributed by atoms with Crippen LogP contribution < -0.4 is 5.73 Å². The van der Waals surface area contributed by atoms with Crippen molar-refractivity contribution in [3.05, 3.63) is 42.2 Å². The molecule has 2 N–H and O–H groups in total. The van der Waals surface area contributed by atoms with Crippen LogP contribution >= 0.6 is 0 Å². The fourth-order valence-corrected chi connectivity index (χ4v) is 1.37. The van der Waals surface area contributed by atoms with Gasteiger partial charge in [-0.1, -0.05) is 6.07 Å². The van der Waals surface area contributed by atoms with Crippen LogP contribution in [0.5, 0.6) is 0 Å². The Morgan fingerprint density at radius 1 is 1.14 bits per heavy atom. The number of Topliss-reactive ketones (excluding diaryl/α,β-unsaturated/α-hetero) is 1. The summed E-state index contributed by atoms with van der Waals surface area (Å²) in [5, 5.41) is 0. The van der Waals surface area contributed by atoms with E-state index in [2.05, 4.69) is 0 Å². The number of primary amides is 1. The molecule has 2 aromatic heterocycles. The van der Waals surface area contributed by atoms with Gasteiger partial charge in [0.2, 0.25) is 0 Å². The van der Waals surface area contributed by atoms with Gasteiger partial charge < -0.3 is 10.1 Å². The van der Waals surface area contributed by atoms with Crippen molar-refractivity contribution < 1.29 is 9.59 Å². The van der Waals surface area contributed by atoms with Gasteiger partial charge in [0, 0.05) is 11.7 Å². The summed E-state index contributed by atoms with van der Waals surface area (Å²) in [6, 6.07) is 8.83. The lowest BCUT2D eigenvalue weighted by atomic mass is 10.3. The molecular formula is C10H8N2O2. The number of rotatable bonds is 2. The van der Waals surface area contributed by atoms with E-state index < -0.39 is 11.7 Å². The highest BCUT2D eigenvalue weighted by Crippen LogP contribution is 2.09. The lowest BCUT2D eigenvalue weighted by Gasteiger charge is -1.98. The molecule has 0 aliphatic rings. The highest BCUT2D eigenvalue weighted by molar-refractivity contribution is 6.42. The minimum Gasteiger partial charge on any atom is -0.363 e. The Kier molecular flexibility index (Phi) is 1.81. The van der Waals surface area contributed by atoms with E-state index in [4.69, 9.17) is 5.73 Å². The van der Waals surface area contributed by atoms with Crippen molar-refractivity contribution in [1.29, 1.82) is 0 Å². The van der Waals surface area contributed by atoms with Crippen molar-refractivity contribution in [2.24, 2.45) is 5.73 Å². The summed E-state index contributed by atoms with van der Waals surface area (Å²) in [4.78, 5) is 22.0. The maximum atomic E-state index is 11.3. The van der Waals surface area contributed by atoms with Crippen LogP contribution in [-0.4, -0.2) is 16.1 Å². The Bertz CT molecular complexity index is 514. The van der Waals surface area contributed by atoms with Crippen molar-refractivity contribution >= 4 is 17.2 Å². The molecule has 2 rings (SSSR count). The second-order valence-electron chi connectivity index (χ2n) is 2.91. The Balaban J connectivity index is 2.64. The van der Waals surface area contributed by atoms with Gasteiger partial charge in [0.1, 0.15) is 0 Å². The molecule has 0 aliphatic carbocycles. The molecule has 0 fully saturated rings. The largest absolute Gasteiger partial charge is 0.363 e. The topological polar surface area (TPSA) is 64.6 Å². The summed E-state index contributed by atoms with van der Waals surface area (Å²) in [5.74, 6) is -1.61. The molecule has 4 nitrogen and oxygen atoms in total. The van der Waals surface area contributed by atoms with Crippen molar-refractivity contribution in [2.75, 3.05) is 0 Å². The van der Waals surface area contributed by atoms with E-state index in [-0.39, 0.29) is 0 Å². The first kappa shape index (κ1) is 8.50. The predicted octanol–water partition coefficient (Wildman–Crippen LogP) is 0.607. The number of nitrogens with two attached hydrogens (primary N) is 1. The number of hydrogen-bond donors (Lipinski definition) is 1. The quantitative estimate of drug-likeness (QED) is 0.554. The number of ketones is 1. The fraction of sp³-hybridized carbons (Fsp3) is 0. The number of carbonyl (C=O) groups excluding carboxylic acids is 2. The van der Waals surface area contributed by atoms with Gasteiger partial charge in [-0.25, -0.2) is 0 Å². The van der Waals surface area contributed by atoms with Crippen molar-refractivity contribution in [1.82, 2.24) is 4.40 Å². The number of pyridine rings is 1. The lowest BCUT2D eigenvalue weighted by molar-refractivity contribution is -0.114. The monoisotopic (exact) mass is 188 g/mol. The van der Waals surface area contributed by atoms with E-state index in [1.165, 1.54) is 0 Å². The second kappa shape index (κ2) is 2.99. The van der Waals surface area contributed by atoms with Gasteiger partial charge in [-0.05, 0) is 24.3 Å². The van der Waals surface area contributed by atoms with Gasteiger partial charge in [-0.3, -0.25) is 9.59 Å². The molecule has 2 heterocycles. The highest BCUT2D eigenvalue weighted by Gasteiger charge is 2.15. The van der Waals surface area contributed by atoms with Crippen LogP contribution in [0.3, 0.4) is 0 Å². The highest BCUT2D eigenvalue weighted by atomic mass is 16.2. The molecule has 0 aromatic carbocycles. The first-order valence-electron chi connectivity index (χ1n) is 4.10. The summed E-state index contributed by atoms with van der Waals surface area (Å²) in [5.41, 5.74) is 6.07. The van der Waals surface area contributed by atoms with Crippen LogP contribution in [0.4, 0.5) is 0 Å². The maximum absolute atomic E-state index is 11.3. The smallest absolute Gasteiger partial charge is 0.291 e. The van der Waals surface area contributed by atoms with Crippen LogP contribution in [-0.2, 0) is 4.79 Å². The third-order valence-corrected chi connectivity index (χ3v) is 2.02. The van der Waals surface area contributed by atoms with Crippen molar-refractivity contribution in [2.45, 2.75) is 0 Å². The van der Waals surface area contributed by atoms with Crippen LogP contribution in [0.15, 0.2) is 36.5 Å². The molecule has 0 saturated heterocycles. The van der Waals surface area contributed by atoms with Gasteiger partial charge in [0.05, 0.1) is 5.69 Å². The van der Waals surface area contributed by atoms with Crippen molar-refractivity contribution in [3.8, 4) is 0 Å². The van der Waals surface area contributed by atoms with Gasteiger partial charge in [0.25, 0.3) is 11.7 Å². The van der Waals surface area contributed by atoms with Gasteiger partial charge in [-0.15, -0.1) is 0 Å². The first-order chi connectivity index (χ1) is 6.70. The van der Waals surface area contributed by atoms with Crippen LogP contribution in [0, 0.1) is 0 Å². The Hall–Kier alpha value is -2.10. The number of amides is 1. The second-order valence-corrected chi connectivity index (χ2v) is 2.91. The summed E-state index contributed by atoms with van der Waals surface area (Å²) in [6.07, 6.45) is 1.71. The van der Waals surface area contributed by atoms with E-state index in [1.807, 2.05) is 12.1 Å². The number of hydrogen-bond acceptors (Lipinski definition) is 2. The van der Waals surface area contributed by atoms with E-state index in [9.17, 15) is 9.59 Å². The van der Waals surface area contributed by atoms with Crippen molar-refractivity contribution in [3.63, 3.8) is 0 Å². The third-order valence-electron chi connectivity index (χ3n) is 2.02. The normalized spacial score (nSPS) is 10.3. The molecule has 1 amide bonds. The first-order valence-corrected chi connectivity index (χ1v) is 4.10. The SMILES string of the molecule is NC(=O)C(=O)c1ccc2ccccn12. The molecular weight excluding hydrogens is 180 g/mol. The Morgan fingerprint density at radius 2 is 1.93 bits per heavy atom. The van der Waals surface area contributed by atoms with Crippen LogP contribution in [0.25, 0.3) is 5.52 Å². The van der Waals surface area contributed by atoms with E-state index in [0.29, 0.717) is 5.69 Å². The molecule has 0 bridgehead atoms. The molecule has 0 atom stereocenters. The number of carbonyl (C=O) groups is 2. The van der Waals surface area contributed by atoms with Gasteiger partial charge in [0.15, 0.2) is 0 Å². The van der Waals surface area contributed by atoms with Gasteiger partial charge >= 0.3 is 0 Å². The minimum absolute atomic E-state index is 0.299. The molecule has 4 heteroatoms. The predicted molar refractivity (Wildman–Crippen MR) is 50.9 cm³/mol. The average Bonchev–Trinajstić information content (AvgIpc) is 2.60. The molecule has 14 heavy (non-hydrogen) atoms. The van der Waals surface area contributed by atoms with E-state index in [0.717, 1.165) is 5.52 Å². The summed E-state index contributed by atoms with van der Waals surface area (Å²) in [7, 11) is 0. The minimum atomic E-state index is -0.936. The standard InChI is InChI=1S/C10H8N2O2/c11-10(14)9(13)8-5-4-7-3-1-2-6-12(7)8/h1-6H,(H2,11,14).